The number of aromatic nitrogens is 3. The maximum atomic E-state index is 6.14. The Hall–Kier alpha value is -3.58. The molecule has 2 aromatic carbocycles. The molecule has 1 aliphatic carbocycles. The first kappa shape index (κ1) is 21.3. The molecule has 0 unspecified atom stereocenters. The Bertz CT molecular complexity index is 1200. The Morgan fingerprint density at radius 1 is 1.03 bits per heavy atom. The molecular weight excluding hydrogens is 412 g/mol. The summed E-state index contributed by atoms with van der Waals surface area (Å²) in [6.45, 7) is 2.63. The maximum absolute atomic E-state index is 6.14. The number of rotatable bonds is 7. The van der Waals surface area contributed by atoms with Crippen molar-refractivity contribution in [2.24, 2.45) is 5.73 Å². The summed E-state index contributed by atoms with van der Waals surface area (Å²) in [5.41, 5.74) is 10.9. The topological polar surface area (TPSA) is 89.5 Å². The average molecular weight is 443 g/mol. The van der Waals surface area contributed by atoms with Crippen LogP contribution in [-0.4, -0.2) is 33.3 Å². The third kappa shape index (κ3) is 4.64. The van der Waals surface area contributed by atoms with Crippen LogP contribution in [0.5, 0.6) is 5.75 Å². The lowest BCUT2D eigenvalue weighted by Gasteiger charge is -2.28. The molecule has 0 aliphatic heterocycles. The molecule has 1 fully saturated rings. The van der Waals surface area contributed by atoms with Gasteiger partial charge in [-0.3, -0.25) is 0 Å². The molecule has 2 heterocycles. The second-order valence-electron chi connectivity index (χ2n) is 8.50. The normalized spacial score (nSPS) is 18.2. The first-order valence-corrected chi connectivity index (χ1v) is 11.7. The number of nitrogens with one attached hydrogen (secondary N) is 2. The van der Waals surface area contributed by atoms with Crippen LogP contribution in [0.15, 0.2) is 67.0 Å². The zero-order chi connectivity index (χ0) is 22.6. The number of anilines is 3. The molecule has 33 heavy (non-hydrogen) atoms. The largest absolute Gasteiger partial charge is 0.494 e. The van der Waals surface area contributed by atoms with E-state index >= 15 is 0 Å². The molecule has 170 valence electrons. The summed E-state index contributed by atoms with van der Waals surface area (Å²) in [6.07, 6.45) is 7.81. The number of benzene rings is 2. The van der Waals surface area contributed by atoms with Crippen LogP contribution in [0, 0.1) is 0 Å². The van der Waals surface area contributed by atoms with Gasteiger partial charge < -0.3 is 21.1 Å². The van der Waals surface area contributed by atoms with Crippen molar-refractivity contribution in [1.29, 1.82) is 0 Å². The van der Waals surface area contributed by atoms with Gasteiger partial charge in [-0.15, -0.1) is 5.10 Å². The predicted molar refractivity (Wildman–Crippen MR) is 133 cm³/mol. The third-order valence-electron chi connectivity index (χ3n) is 6.15. The fourth-order valence-electron chi connectivity index (χ4n) is 4.45. The van der Waals surface area contributed by atoms with Gasteiger partial charge in [-0.1, -0.05) is 30.3 Å². The number of imidazole rings is 1. The van der Waals surface area contributed by atoms with Crippen LogP contribution in [0.1, 0.15) is 32.6 Å². The number of nitrogens with two attached hydrogens (primary N) is 1. The van der Waals surface area contributed by atoms with E-state index in [2.05, 4.69) is 39.9 Å². The van der Waals surface area contributed by atoms with Gasteiger partial charge in [-0.2, -0.15) is 0 Å². The van der Waals surface area contributed by atoms with Gasteiger partial charge in [0.1, 0.15) is 5.75 Å². The van der Waals surface area contributed by atoms with Crippen molar-refractivity contribution in [3.63, 3.8) is 0 Å². The summed E-state index contributed by atoms with van der Waals surface area (Å²) >= 11 is 0. The molecule has 2 aromatic heterocycles. The molecule has 1 saturated carbocycles. The van der Waals surface area contributed by atoms with Crippen molar-refractivity contribution in [2.45, 2.75) is 44.7 Å². The number of hydrogen-bond acceptors (Lipinski definition) is 6. The van der Waals surface area contributed by atoms with Crippen molar-refractivity contribution in [3.8, 4) is 16.9 Å². The molecule has 0 atom stereocenters. The molecule has 0 bridgehead atoms. The summed E-state index contributed by atoms with van der Waals surface area (Å²) in [6, 6.07) is 19.0. The Morgan fingerprint density at radius 2 is 1.79 bits per heavy atom. The highest BCUT2D eigenvalue weighted by atomic mass is 16.5. The lowest BCUT2D eigenvalue weighted by Crippen LogP contribution is -2.33. The Balaban J connectivity index is 1.59. The van der Waals surface area contributed by atoms with Crippen molar-refractivity contribution in [1.82, 2.24) is 14.6 Å². The first-order chi connectivity index (χ1) is 16.2. The fraction of sp³-hybridized carbons (Fsp3) is 0.308. The lowest BCUT2D eigenvalue weighted by atomic mass is 9.91. The van der Waals surface area contributed by atoms with Crippen molar-refractivity contribution in [2.75, 3.05) is 17.2 Å². The van der Waals surface area contributed by atoms with Crippen molar-refractivity contribution < 1.29 is 4.74 Å². The minimum absolute atomic E-state index is 0.303. The maximum Gasteiger partial charge on any atom is 0.178 e. The molecular formula is C26H30N6O. The fourth-order valence-corrected chi connectivity index (χ4v) is 4.45. The van der Waals surface area contributed by atoms with E-state index < -0.39 is 0 Å². The predicted octanol–water partition coefficient (Wildman–Crippen LogP) is 5.22. The molecule has 4 aromatic rings. The molecule has 7 nitrogen and oxygen atoms in total. The zero-order valence-electron chi connectivity index (χ0n) is 18.9. The number of nitrogens with zero attached hydrogens (tertiary/aromatic N) is 3. The van der Waals surface area contributed by atoms with Crippen LogP contribution in [0.4, 0.5) is 17.2 Å². The monoisotopic (exact) mass is 442 g/mol. The Kier molecular flexibility index (Phi) is 6.13. The van der Waals surface area contributed by atoms with Gasteiger partial charge in [0.2, 0.25) is 0 Å². The van der Waals surface area contributed by atoms with E-state index in [0.717, 1.165) is 65.4 Å². The highest BCUT2D eigenvalue weighted by Gasteiger charge is 2.23. The van der Waals surface area contributed by atoms with Gasteiger partial charge in [0.25, 0.3) is 0 Å². The van der Waals surface area contributed by atoms with Crippen molar-refractivity contribution in [3.05, 3.63) is 67.0 Å². The molecule has 0 spiro atoms. The highest BCUT2D eigenvalue weighted by molar-refractivity contribution is 5.95. The van der Waals surface area contributed by atoms with Crippen LogP contribution in [0.3, 0.4) is 0 Å². The van der Waals surface area contributed by atoms with E-state index in [1.807, 2.05) is 48.0 Å². The van der Waals surface area contributed by atoms with Gasteiger partial charge in [0, 0.05) is 30.2 Å². The average Bonchev–Trinajstić information content (AvgIpc) is 3.31. The molecule has 0 amide bonds. The number of fused-ring (bicyclic) bond motifs is 1. The smallest absolute Gasteiger partial charge is 0.178 e. The summed E-state index contributed by atoms with van der Waals surface area (Å²) in [7, 11) is 0. The number of hydrogen-bond donors (Lipinski definition) is 3. The van der Waals surface area contributed by atoms with Crippen LogP contribution >= 0.6 is 0 Å². The van der Waals surface area contributed by atoms with E-state index in [-0.39, 0.29) is 0 Å². The van der Waals surface area contributed by atoms with Crippen LogP contribution in [0.2, 0.25) is 0 Å². The van der Waals surface area contributed by atoms with Crippen LogP contribution in [-0.2, 0) is 0 Å². The van der Waals surface area contributed by atoms with Gasteiger partial charge in [0.15, 0.2) is 11.5 Å². The molecule has 1 aliphatic rings. The van der Waals surface area contributed by atoms with Crippen molar-refractivity contribution >= 4 is 22.8 Å². The van der Waals surface area contributed by atoms with Gasteiger partial charge in [0.05, 0.1) is 17.9 Å². The van der Waals surface area contributed by atoms with Gasteiger partial charge in [-0.05, 0) is 62.4 Å². The van der Waals surface area contributed by atoms with E-state index in [9.17, 15) is 0 Å². The summed E-state index contributed by atoms with van der Waals surface area (Å²) in [5, 5.41) is 12.3. The van der Waals surface area contributed by atoms with Crippen LogP contribution < -0.4 is 21.1 Å². The van der Waals surface area contributed by atoms with Gasteiger partial charge in [-0.25, -0.2) is 9.50 Å². The quantitative estimate of drug-likeness (QED) is 0.364. The Morgan fingerprint density at radius 3 is 2.52 bits per heavy atom. The summed E-state index contributed by atoms with van der Waals surface area (Å²) in [4.78, 5) is 4.61. The second kappa shape index (κ2) is 9.50. The van der Waals surface area contributed by atoms with Gasteiger partial charge >= 0.3 is 0 Å². The SMILES string of the molecule is CCOc1ccc(Nc2c(-c3ccccc3)c(NC3CCC(N)CC3)nn3ccnc23)cc1. The standard InChI is InChI=1S/C26H30N6O/c1-2-33-22-14-12-20(13-15-22)29-24-23(18-6-4-3-5-7-18)25(31-32-17-16-28-26(24)32)30-21-10-8-19(27)9-11-21/h3-7,12-17,19,21,29H,2,8-11,27H2,1H3,(H,30,31). The lowest BCUT2D eigenvalue weighted by molar-refractivity contribution is 0.340. The summed E-state index contributed by atoms with van der Waals surface area (Å²) in [5.74, 6) is 1.70. The molecule has 7 heteroatoms. The number of ether oxygens (including phenoxy) is 1. The zero-order valence-corrected chi connectivity index (χ0v) is 18.9. The highest BCUT2D eigenvalue weighted by Crippen LogP contribution is 2.39. The molecule has 4 N–H and O–H groups in total. The van der Waals surface area contributed by atoms with E-state index in [1.165, 1.54) is 0 Å². The molecule has 0 saturated heterocycles. The molecule has 0 radical (unpaired) electrons. The van der Waals surface area contributed by atoms with E-state index in [1.54, 1.807) is 6.20 Å². The van der Waals surface area contributed by atoms with Crippen LogP contribution in [0.25, 0.3) is 16.8 Å². The minimum Gasteiger partial charge on any atom is -0.494 e. The third-order valence-corrected chi connectivity index (χ3v) is 6.15. The first-order valence-electron chi connectivity index (χ1n) is 11.7. The minimum atomic E-state index is 0.303. The second-order valence-corrected chi connectivity index (χ2v) is 8.50. The van der Waals surface area contributed by atoms with E-state index in [0.29, 0.717) is 18.7 Å². The molecule has 5 rings (SSSR count). The Labute approximate surface area is 194 Å². The summed E-state index contributed by atoms with van der Waals surface area (Å²) < 4.78 is 7.43. The van der Waals surface area contributed by atoms with E-state index in [4.69, 9.17) is 15.6 Å².